The molecule has 1 aromatic carbocycles. The van der Waals surface area contributed by atoms with Gasteiger partial charge in [-0.05, 0) is 19.4 Å². The minimum Gasteiger partial charge on any atom is -0.348 e. The molecular formula is C17H18N4O2. The molecule has 2 heterocycles. The smallest absolute Gasteiger partial charge is 0.276 e. The zero-order chi connectivity index (χ0) is 16.4. The number of hydrogen-bond acceptors (Lipinski definition) is 3. The summed E-state index contributed by atoms with van der Waals surface area (Å²) < 4.78 is 1.54. The summed E-state index contributed by atoms with van der Waals surface area (Å²) in [6.07, 6.45) is 3.12. The molecule has 0 aliphatic heterocycles. The quantitative estimate of drug-likeness (QED) is 0.775. The van der Waals surface area contributed by atoms with Crippen LogP contribution in [0.25, 0.3) is 10.9 Å². The molecule has 0 atom stereocenters. The molecule has 2 N–H and O–H groups in total. The highest BCUT2D eigenvalue weighted by atomic mass is 16.2. The van der Waals surface area contributed by atoms with Crippen LogP contribution < -0.4 is 10.9 Å². The summed E-state index contributed by atoms with van der Waals surface area (Å²) in [5.41, 5.74) is 1.64. The molecule has 1 amide bonds. The minimum atomic E-state index is -0.227. The molecule has 0 spiro atoms. The first-order chi connectivity index (χ1) is 11.1. The number of nitrogens with zero attached hydrogens (tertiary/aromatic N) is 2. The Morgan fingerprint density at radius 1 is 1.30 bits per heavy atom. The molecule has 2 aromatic heterocycles. The average Bonchev–Trinajstić information content (AvgIpc) is 3.04. The van der Waals surface area contributed by atoms with Crippen LogP contribution in [0.2, 0.25) is 0 Å². The van der Waals surface area contributed by atoms with Crippen LogP contribution in [0.1, 0.15) is 35.8 Å². The third-order valence-electron chi connectivity index (χ3n) is 3.74. The Kier molecular flexibility index (Phi) is 3.97. The van der Waals surface area contributed by atoms with Crippen molar-refractivity contribution in [2.75, 3.05) is 0 Å². The second-order valence-corrected chi connectivity index (χ2v) is 5.68. The SMILES string of the molecule is CC(C)n1cc(C(=O)NCc2ccccc2)c2cn[nH]c2c1=O. The number of amides is 1. The maximum atomic E-state index is 12.5. The fraction of sp³-hybridized carbons (Fsp3) is 0.235. The molecule has 6 heteroatoms. The van der Waals surface area contributed by atoms with E-state index in [2.05, 4.69) is 15.5 Å². The van der Waals surface area contributed by atoms with Crippen LogP contribution in [0.15, 0.2) is 47.5 Å². The molecule has 0 fully saturated rings. The highest BCUT2D eigenvalue weighted by Crippen LogP contribution is 2.15. The lowest BCUT2D eigenvalue weighted by Crippen LogP contribution is -2.28. The van der Waals surface area contributed by atoms with Gasteiger partial charge in [0.05, 0.1) is 11.8 Å². The first-order valence-corrected chi connectivity index (χ1v) is 7.48. The number of rotatable bonds is 4. The number of benzene rings is 1. The largest absolute Gasteiger partial charge is 0.348 e. The first kappa shape index (κ1) is 15.0. The average molecular weight is 310 g/mol. The van der Waals surface area contributed by atoms with Crippen molar-refractivity contribution >= 4 is 16.8 Å². The molecule has 0 saturated heterocycles. The van der Waals surface area contributed by atoms with Crippen molar-refractivity contribution in [1.82, 2.24) is 20.1 Å². The van der Waals surface area contributed by atoms with Crippen molar-refractivity contribution in [2.24, 2.45) is 0 Å². The lowest BCUT2D eigenvalue weighted by atomic mass is 10.1. The molecular weight excluding hydrogens is 292 g/mol. The summed E-state index contributed by atoms with van der Waals surface area (Å²) in [6.45, 7) is 4.23. The predicted molar refractivity (Wildman–Crippen MR) is 88.4 cm³/mol. The molecule has 0 bridgehead atoms. The van der Waals surface area contributed by atoms with Gasteiger partial charge in [0.2, 0.25) is 0 Å². The van der Waals surface area contributed by atoms with Gasteiger partial charge in [-0.15, -0.1) is 0 Å². The van der Waals surface area contributed by atoms with Gasteiger partial charge in [-0.25, -0.2) is 0 Å². The number of carbonyl (C=O) groups is 1. The zero-order valence-corrected chi connectivity index (χ0v) is 13.0. The van der Waals surface area contributed by atoms with Crippen LogP contribution >= 0.6 is 0 Å². The van der Waals surface area contributed by atoms with E-state index in [-0.39, 0.29) is 17.5 Å². The van der Waals surface area contributed by atoms with Gasteiger partial charge in [0, 0.05) is 24.2 Å². The van der Waals surface area contributed by atoms with Gasteiger partial charge in [0.1, 0.15) is 5.52 Å². The van der Waals surface area contributed by atoms with Gasteiger partial charge in [0.15, 0.2) is 0 Å². The Hall–Kier alpha value is -2.89. The molecule has 23 heavy (non-hydrogen) atoms. The summed E-state index contributed by atoms with van der Waals surface area (Å²) in [5.74, 6) is -0.227. The van der Waals surface area contributed by atoms with Crippen LogP contribution in [0.4, 0.5) is 0 Å². The normalized spacial score (nSPS) is 11.1. The van der Waals surface area contributed by atoms with Crippen LogP contribution in [0.5, 0.6) is 0 Å². The number of aromatic amines is 1. The Balaban J connectivity index is 1.95. The van der Waals surface area contributed by atoms with E-state index in [1.807, 2.05) is 44.2 Å². The van der Waals surface area contributed by atoms with E-state index in [0.29, 0.717) is 23.0 Å². The third kappa shape index (κ3) is 2.88. The number of fused-ring (bicyclic) bond motifs is 1. The van der Waals surface area contributed by atoms with E-state index in [1.54, 1.807) is 6.20 Å². The van der Waals surface area contributed by atoms with E-state index in [4.69, 9.17) is 0 Å². The molecule has 0 saturated carbocycles. The Bertz CT molecular complexity index is 894. The predicted octanol–water partition coefficient (Wildman–Crippen LogP) is 2.24. The molecule has 3 aromatic rings. The number of H-pyrrole nitrogens is 1. The van der Waals surface area contributed by atoms with E-state index >= 15 is 0 Å². The van der Waals surface area contributed by atoms with E-state index in [1.165, 1.54) is 10.8 Å². The topological polar surface area (TPSA) is 79.8 Å². The van der Waals surface area contributed by atoms with Gasteiger partial charge in [-0.2, -0.15) is 5.10 Å². The highest BCUT2D eigenvalue weighted by Gasteiger charge is 2.17. The summed E-state index contributed by atoms with van der Waals surface area (Å²) in [7, 11) is 0. The van der Waals surface area contributed by atoms with Gasteiger partial charge in [-0.1, -0.05) is 30.3 Å². The summed E-state index contributed by atoms with van der Waals surface area (Å²) >= 11 is 0. The van der Waals surface area contributed by atoms with Crippen molar-refractivity contribution in [3.63, 3.8) is 0 Å². The molecule has 0 aliphatic rings. The van der Waals surface area contributed by atoms with Gasteiger partial charge in [-0.3, -0.25) is 14.7 Å². The maximum absolute atomic E-state index is 12.5. The third-order valence-corrected chi connectivity index (χ3v) is 3.74. The number of pyridine rings is 1. The highest BCUT2D eigenvalue weighted by molar-refractivity contribution is 6.05. The molecule has 0 radical (unpaired) electrons. The van der Waals surface area contributed by atoms with E-state index in [0.717, 1.165) is 5.56 Å². The Morgan fingerprint density at radius 3 is 2.74 bits per heavy atom. The molecule has 0 unspecified atom stereocenters. The monoisotopic (exact) mass is 310 g/mol. The van der Waals surface area contributed by atoms with Crippen molar-refractivity contribution in [1.29, 1.82) is 0 Å². The molecule has 118 valence electrons. The van der Waals surface area contributed by atoms with Crippen LogP contribution in [-0.4, -0.2) is 20.7 Å². The number of hydrogen-bond donors (Lipinski definition) is 2. The standard InChI is InChI=1S/C17H18N4O2/c1-11(2)21-10-14(13-9-19-20-15(13)17(21)23)16(22)18-8-12-6-4-3-5-7-12/h3-7,9-11H,8H2,1-2H3,(H,18,22)(H,19,20). The minimum absolute atomic E-state index is 0.0455. The van der Waals surface area contributed by atoms with Crippen molar-refractivity contribution in [3.05, 3.63) is 64.2 Å². The Morgan fingerprint density at radius 2 is 2.04 bits per heavy atom. The van der Waals surface area contributed by atoms with Crippen molar-refractivity contribution < 1.29 is 4.79 Å². The van der Waals surface area contributed by atoms with Crippen LogP contribution in [0, 0.1) is 0 Å². The molecule has 3 rings (SSSR count). The van der Waals surface area contributed by atoms with Crippen LogP contribution in [-0.2, 0) is 6.54 Å². The van der Waals surface area contributed by atoms with E-state index < -0.39 is 0 Å². The fourth-order valence-electron chi connectivity index (χ4n) is 2.49. The number of carbonyl (C=O) groups excluding carboxylic acids is 1. The lowest BCUT2D eigenvalue weighted by molar-refractivity contribution is 0.0951. The van der Waals surface area contributed by atoms with E-state index in [9.17, 15) is 9.59 Å². The number of aromatic nitrogens is 3. The van der Waals surface area contributed by atoms with Gasteiger partial charge in [0.25, 0.3) is 11.5 Å². The summed E-state index contributed by atoms with van der Waals surface area (Å²) in [4.78, 5) is 24.9. The van der Waals surface area contributed by atoms with Crippen molar-refractivity contribution in [2.45, 2.75) is 26.4 Å². The second-order valence-electron chi connectivity index (χ2n) is 5.68. The van der Waals surface area contributed by atoms with Gasteiger partial charge >= 0.3 is 0 Å². The summed E-state index contributed by atoms with van der Waals surface area (Å²) in [5, 5.41) is 10.0. The summed E-state index contributed by atoms with van der Waals surface area (Å²) in [6, 6.07) is 9.63. The zero-order valence-electron chi connectivity index (χ0n) is 13.0. The lowest BCUT2D eigenvalue weighted by Gasteiger charge is -2.13. The number of nitrogens with one attached hydrogen (secondary N) is 2. The van der Waals surface area contributed by atoms with Crippen LogP contribution in [0.3, 0.4) is 0 Å². The maximum Gasteiger partial charge on any atom is 0.276 e. The van der Waals surface area contributed by atoms with Gasteiger partial charge < -0.3 is 9.88 Å². The molecule has 0 aliphatic carbocycles. The second kappa shape index (κ2) is 6.08. The first-order valence-electron chi connectivity index (χ1n) is 7.48. The fourth-order valence-corrected chi connectivity index (χ4v) is 2.49. The molecule has 6 nitrogen and oxygen atoms in total. The Labute approximate surface area is 133 Å². The van der Waals surface area contributed by atoms with Crippen molar-refractivity contribution in [3.8, 4) is 0 Å².